The second kappa shape index (κ2) is 9.77. The number of thiophene rings is 1. The van der Waals surface area contributed by atoms with Gasteiger partial charge in [0.2, 0.25) is 0 Å². The number of carboxylic acid groups (broad SMARTS) is 1. The molecule has 4 atom stereocenters. The van der Waals surface area contributed by atoms with Gasteiger partial charge in [-0.25, -0.2) is 9.78 Å². The van der Waals surface area contributed by atoms with Crippen LogP contribution in [0.15, 0.2) is 24.3 Å². The van der Waals surface area contributed by atoms with Crippen molar-refractivity contribution in [3.8, 4) is 0 Å². The third kappa shape index (κ3) is 5.61. The molecule has 152 valence electrons. The predicted octanol–water partition coefficient (Wildman–Crippen LogP) is 5.71. The maximum Gasteiger partial charge on any atom is 0.345 e. The fraction of sp³-hybridized carbons (Fsp3) is 0.500. The molecule has 8 heteroatoms. The van der Waals surface area contributed by atoms with Crippen molar-refractivity contribution in [3.05, 3.63) is 49.9 Å². The Labute approximate surface area is 183 Å². The first-order chi connectivity index (χ1) is 13.3. The van der Waals surface area contributed by atoms with Crippen LogP contribution >= 0.6 is 46.1 Å². The summed E-state index contributed by atoms with van der Waals surface area (Å²) >= 11 is 19.8. The largest absolute Gasteiger partial charge is 0.477 e. The Balaban J connectivity index is 1.56. The lowest BCUT2D eigenvalue weighted by Crippen LogP contribution is -2.21. The maximum atomic E-state index is 11.0. The van der Waals surface area contributed by atoms with Gasteiger partial charge in [0.1, 0.15) is 15.2 Å². The zero-order chi connectivity index (χ0) is 20.3. The second-order valence-corrected chi connectivity index (χ2v) is 9.77. The van der Waals surface area contributed by atoms with Gasteiger partial charge < -0.3 is 10.2 Å². The summed E-state index contributed by atoms with van der Waals surface area (Å²) in [4.78, 5) is 16.4. The molecular weight excluding hydrogens is 441 g/mol. The van der Waals surface area contributed by atoms with Crippen LogP contribution in [0.3, 0.4) is 0 Å². The molecule has 0 unspecified atom stereocenters. The lowest BCUT2D eigenvalue weighted by atomic mass is 9.85. The van der Waals surface area contributed by atoms with E-state index in [9.17, 15) is 9.90 Å². The molecule has 0 aliphatic heterocycles. The van der Waals surface area contributed by atoms with Crippen LogP contribution in [0.5, 0.6) is 0 Å². The molecule has 3 rings (SSSR count). The van der Waals surface area contributed by atoms with Crippen molar-refractivity contribution in [1.29, 1.82) is 0 Å². The Bertz CT molecular complexity index is 809. The normalized spacial score (nSPS) is 24.6. The maximum absolute atomic E-state index is 11.0. The number of hydrogen-bond donors (Lipinski definition) is 2. The number of rotatable bonds is 8. The lowest BCUT2D eigenvalue weighted by Gasteiger charge is -2.23. The van der Waals surface area contributed by atoms with Gasteiger partial charge in [0.25, 0.3) is 0 Å². The van der Waals surface area contributed by atoms with Crippen LogP contribution in [0.25, 0.3) is 0 Å². The van der Waals surface area contributed by atoms with E-state index in [1.165, 1.54) is 11.3 Å². The summed E-state index contributed by atoms with van der Waals surface area (Å²) in [6.45, 7) is 0. The first-order valence-corrected chi connectivity index (χ1v) is 11.3. The minimum atomic E-state index is -0.882. The first kappa shape index (κ1) is 21.8. The Kier molecular flexibility index (Phi) is 7.62. The van der Waals surface area contributed by atoms with E-state index in [1.54, 1.807) is 18.2 Å². The third-order valence-electron chi connectivity index (χ3n) is 5.40. The highest BCUT2D eigenvalue weighted by Gasteiger charge is 2.40. The molecule has 4 nitrogen and oxygen atoms in total. The summed E-state index contributed by atoms with van der Waals surface area (Å²) < 4.78 is 0. The summed E-state index contributed by atoms with van der Waals surface area (Å²) in [6.07, 6.45) is 4.44. The van der Waals surface area contributed by atoms with Crippen molar-refractivity contribution in [3.63, 3.8) is 0 Å². The molecule has 2 N–H and O–H groups in total. The molecule has 2 aromatic rings. The molecule has 0 bridgehead atoms. The number of carboxylic acids is 1. The van der Waals surface area contributed by atoms with Gasteiger partial charge in [-0.2, -0.15) is 0 Å². The lowest BCUT2D eigenvalue weighted by molar-refractivity contribution is 0.0702. The van der Waals surface area contributed by atoms with E-state index < -0.39 is 12.1 Å². The molecule has 0 spiro atoms. The SMILES string of the molecule is O=C(O)c1ccc(CCC[C@@H]2[C@@H](CCc3cc(Cl)nc(Cl)c3)[C@H](O)C[C@H]2Cl)s1. The van der Waals surface area contributed by atoms with Gasteiger partial charge in [-0.1, -0.05) is 23.2 Å². The third-order valence-corrected chi connectivity index (χ3v) is 7.42. The van der Waals surface area contributed by atoms with Gasteiger partial charge in [-0.05, 0) is 80.2 Å². The van der Waals surface area contributed by atoms with Crippen molar-refractivity contribution in [1.82, 2.24) is 4.98 Å². The number of halogens is 3. The van der Waals surface area contributed by atoms with Crippen molar-refractivity contribution < 1.29 is 15.0 Å². The highest BCUT2D eigenvalue weighted by Crippen LogP contribution is 2.41. The number of aromatic nitrogens is 1. The van der Waals surface area contributed by atoms with Crippen LogP contribution < -0.4 is 0 Å². The van der Waals surface area contributed by atoms with E-state index in [-0.39, 0.29) is 17.2 Å². The number of carbonyl (C=O) groups is 1. The van der Waals surface area contributed by atoms with Gasteiger partial charge in [-0.3, -0.25) is 0 Å². The molecule has 1 saturated carbocycles. The van der Waals surface area contributed by atoms with Crippen LogP contribution in [-0.2, 0) is 12.8 Å². The fourth-order valence-electron chi connectivity index (χ4n) is 4.07. The Morgan fingerprint density at radius 1 is 1.14 bits per heavy atom. The topological polar surface area (TPSA) is 70.4 Å². The van der Waals surface area contributed by atoms with Gasteiger partial charge in [0, 0.05) is 10.3 Å². The van der Waals surface area contributed by atoms with Gasteiger partial charge in [-0.15, -0.1) is 22.9 Å². The Morgan fingerprint density at radius 2 is 1.86 bits per heavy atom. The number of aliphatic hydroxyl groups is 1. The molecule has 1 fully saturated rings. The van der Waals surface area contributed by atoms with Crippen molar-refractivity contribution in [2.45, 2.75) is 50.0 Å². The molecule has 0 radical (unpaired) electrons. The van der Waals surface area contributed by atoms with Crippen molar-refractivity contribution >= 4 is 52.1 Å². The molecule has 1 aliphatic rings. The van der Waals surface area contributed by atoms with E-state index in [2.05, 4.69) is 4.98 Å². The molecule has 1 aliphatic carbocycles. The fourth-order valence-corrected chi connectivity index (χ4v) is 5.96. The highest BCUT2D eigenvalue weighted by atomic mass is 35.5. The monoisotopic (exact) mass is 461 g/mol. The molecular formula is C20H22Cl3NO3S. The van der Waals surface area contributed by atoms with Crippen LogP contribution in [-0.4, -0.2) is 32.6 Å². The van der Waals surface area contributed by atoms with Crippen LogP contribution in [0.1, 0.15) is 45.8 Å². The Hall–Kier alpha value is -0.850. The zero-order valence-corrected chi connectivity index (χ0v) is 18.2. The summed E-state index contributed by atoms with van der Waals surface area (Å²) in [5, 5.41) is 20.2. The number of pyridine rings is 1. The van der Waals surface area contributed by atoms with Gasteiger partial charge in [0.15, 0.2) is 0 Å². The molecule has 2 heterocycles. The van der Waals surface area contributed by atoms with Crippen molar-refractivity contribution in [2.75, 3.05) is 0 Å². The zero-order valence-electron chi connectivity index (χ0n) is 15.2. The summed E-state index contributed by atoms with van der Waals surface area (Å²) in [7, 11) is 0. The van der Waals surface area contributed by atoms with E-state index in [0.29, 0.717) is 21.6 Å². The number of aliphatic hydroxyl groups excluding tert-OH is 1. The van der Waals surface area contributed by atoms with E-state index in [4.69, 9.17) is 39.9 Å². The van der Waals surface area contributed by atoms with Crippen molar-refractivity contribution in [2.24, 2.45) is 11.8 Å². The average molecular weight is 463 g/mol. The molecule has 0 saturated heterocycles. The molecule has 0 aromatic carbocycles. The number of hydrogen-bond acceptors (Lipinski definition) is 4. The number of aryl methyl sites for hydroxylation is 2. The quantitative estimate of drug-likeness (QED) is 0.389. The smallest absolute Gasteiger partial charge is 0.345 e. The van der Waals surface area contributed by atoms with Gasteiger partial charge in [0.05, 0.1) is 6.10 Å². The van der Waals surface area contributed by atoms with Crippen LogP contribution in [0.2, 0.25) is 10.3 Å². The molecule has 28 heavy (non-hydrogen) atoms. The summed E-state index contributed by atoms with van der Waals surface area (Å²) in [5.41, 5.74) is 1.01. The van der Waals surface area contributed by atoms with E-state index in [0.717, 1.165) is 42.5 Å². The molecule has 0 amide bonds. The van der Waals surface area contributed by atoms with Crippen LogP contribution in [0, 0.1) is 11.8 Å². The van der Waals surface area contributed by atoms with E-state index in [1.807, 2.05) is 6.07 Å². The Morgan fingerprint density at radius 3 is 2.50 bits per heavy atom. The highest BCUT2D eigenvalue weighted by molar-refractivity contribution is 7.13. The minimum absolute atomic E-state index is 0.0393. The minimum Gasteiger partial charge on any atom is -0.477 e. The first-order valence-electron chi connectivity index (χ1n) is 9.29. The van der Waals surface area contributed by atoms with E-state index >= 15 is 0 Å². The summed E-state index contributed by atoms with van der Waals surface area (Å²) in [6, 6.07) is 7.14. The number of aromatic carboxylic acids is 1. The van der Waals surface area contributed by atoms with Gasteiger partial charge >= 0.3 is 5.97 Å². The summed E-state index contributed by atoms with van der Waals surface area (Å²) in [5.74, 6) is -0.512. The predicted molar refractivity (Wildman–Crippen MR) is 114 cm³/mol. The standard InChI is InChI=1S/C20H22Cl3NO3S/c21-15-10-16(25)14(6-4-11-8-18(22)24-19(23)9-11)13(15)3-1-2-12-5-7-17(28-12)20(26)27/h5,7-9,13-16,25H,1-4,6,10H2,(H,26,27)/t13-,14-,15-,16-/m1/s1. The van der Waals surface area contributed by atoms with Crippen LogP contribution in [0.4, 0.5) is 0 Å². The average Bonchev–Trinajstić information content (AvgIpc) is 3.18. The molecule has 2 aromatic heterocycles. The number of nitrogens with zero attached hydrogens (tertiary/aromatic N) is 1. The second-order valence-electron chi connectivity index (χ2n) is 7.27. The number of alkyl halides is 1.